The van der Waals surface area contributed by atoms with Crippen molar-refractivity contribution >= 4 is 5.97 Å². The Morgan fingerprint density at radius 1 is 1.43 bits per heavy atom. The van der Waals surface area contributed by atoms with Gasteiger partial charge in [-0.25, -0.2) is 0 Å². The molecule has 2 aliphatic rings. The Balaban J connectivity index is 1.85. The Labute approximate surface area is 127 Å². The summed E-state index contributed by atoms with van der Waals surface area (Å²) in [5, 5.41) is 20.6. The number of esters is 1. The lowest BCUT2D eigenvalue weighted by molar-refractivity contribution is -0.141. The molecule has 2 rings (SSSR count). The molecule has 1 saturated heterocycles. The third kappa shape index (κ3) is 3.78. The van der Waals surface area contributed by atoms with Crippen LogP contribution in [-0.2, 0) is 9.53 Å². The SMILES string of the molecule is CCCCC(C)(C)C(O)CCC1C(O)CC2OC(=O)CC21. The number of aliphatic hydroxyl groups is 2. The molecule has 0 aromatic heterocycles. The van der Waals surface area contributed by atoms with Gasteiger partial charge in [0.05, 0.1) is 18.6 Å². The van der Waals surface area contributed by atoms with Crippen LogP contribution in [0.2, 0.25) is 0 Å². The molecule has 1 aliphatic heterocycles. The van der Waals surface area contributed by atoms with Crippen molar-refractivity contribution in [2.24, 2.45) is 17.3 Å². The number of carbonyl (C=O) groups is 1. The van der Waals surface area contributed by atoms with Gasteiger partial charge >= 0.3 is 5.97 Å². The first-order chi connectivity index (χ1) is 9.85. The number of rotatable bonds is 7. The van der Waals surface area contributed by atoms with Crippen LogP contribution in [0.15, 0.2) is 0 Å². The van der Waals surface area contributed by atoms with E-state index in [9.17, 15) is 15.0 Å². The van der Waals surface area contributed by atoms with Crippen LogP contribution in [0.1, 0.15) is 65.7 Å². The average molecular weight is 298 g/mol. The molecule has 1 aliphatic carbocycles. The maximum absolute atomic E-state index is 11.4. The number of unbranched alkanes of at least 4 members (excludes halogenated alkanes) is 1. The van der Waals surface area contributed by atoms with Gasteiger partial charge in [0.15, 0.2) is 0 Å². The van der Waals surface area contributed by atoms with Gasteiger partial charge in [-0.2, -0.15) is 0 Å². The molecule has 1 saturated carbocycles. The molecule has 5 atom stereocenters. The fraction of sp³-hybridized carbons (Fsp3) is 0.941. The minimum absolute atomic E-state index is 0.0824. The van der Waals surface area contributed by atoms with Crippen LogP contribution in [0.25, 0.3) is 0 Å². The Bertz CT molecular complexity index is 366. The van der Waals surface area contributed by atoms with Gasteiger partial charge in [0, 0.05) is 12.3 Å². The van der Waals surface area contributed by atoms with E-state index in [2.05, 4.69) is 20.8 Å². The summed E-state index contributed by atoms with van der Waals surface area (Å²) in [7, 11) is 0. The minimum atomic E-state index is -0.390. The predicted octanol–water partition coefficient (Wildman–Crippen LogP) is 2.66. The quantitative estimate of drug-likeness (QED) is 0.709. The van der Waals surface area contributed by atoms with Crippen LogP contribution in [-0.4, -0.2) is 34.5 Å². The highest BCUT2D eigenvalue weighted by Gasteiger charge is 2.49. The van der Waals surface area contributed by atoms with Crippen LogP contribution < -0.4 is 0 Å². The molecule has 1 heterocycles. The van der Waals surface area contributed by atoms with E-state index in [1.54, 1.807) is 0 Å². The first kappa shape index (κ1) is 16.8. The zero-order valence-corrected chi connectivity index (χ0v) is 13.5. The zero-order chi connectivity index (χ0) is 15.6. The van der Waals surface area contributed by atoms with Crippen LogP contribution in [0, 0.1) is 17.3 Å². The second-order valence-electron chi connectivity index (χ2n) is 7.55. The molecule has 122 valence electrons. The van der Waals surface area contributed by atoms with E-state index in [1.807, 2.05) is 0 Å². The molecule has 0 amide bonds. The van der Waals surface area contributed by atoms with Gasteiger partial charge in [0.1, 0.15) is 6.10 Å². The Kier molecular flexibility index (Phi) is 5.31. The van der Waals surface area contributed by atoms with Crippen molar-refractivity contribution in [1.29, 1.82) is 0 Å². The lowest BCUT2D eigenvalue weighted by Crippen LogP contribution is -2.31. The third-order valence-corrected chi connectivity index (χ3v) is 5.53. The molecule has 0 aromatic rings. The largest absolute Gasteiger partial charge is 0.462 e. The van der Waals surface area contributed by atoms with Gasteiger partial charge in [0.25, 0.3) is 0 Å². The molecular weight excluding hydrogens is 268 g/mol. The Hall–Kier alpha value is -0.610. The molecule has 0 spiro atoms. The molecule has 5 unspecified atom stereocenters. The highest BCUT2D eigenvalue weighted by Crippen LogP contribution is 2.44. The number of aliphatic hydroxyl groups excluding tert-OH is 2. The lowest BCUT2D eigenvalue weighted by Gasteiger charge is -2.32. The molecule has 0 radical (unpaired) electrons. The van der Waals surface area contributed by atoms with Crippen LogP contribution in [0.5, 0.6) is 0 Å². The fourth-order valence-electron chi connectivity index (χ4n) is 3.92. The van der Waals surface area contributed by atoms with Crippen LogP contribution in [0.3, 0.4) is 0 Å². The second-order valence-corrected chi connectivity index (χ2v) is 7.55. The van der Waals surface area contributed by atoms with E-state index in [-0.39, 0.29) is 41.5 Å². The average Bonchev–Trinajstić information content (AvgIpc) is 2.89. The number of hydrogen-bond acceptors (Lipinski definition) is 4. The zero-order valence-electron chi connectivity index (χ0n) is 13.5. The van der Waals surface area contributed by atoms with Crippen LogP contribution in [0.4, 0.5) is 0 Å². The highest BCUT2D eigenvalue weighted by molar-refractivity contribution is 5.72. The highest BCUT2D eigenvalue weighted by atomic mass is 16.6. The normalized spacial score (nSPS) is 33.9. The van der Waals surface area contributed by atoms with Crippen molar-refractivity contribution in [2.75, 3.05) is 0 Å². The Morgan fingerprint density at radius 3 is 2.81 bits per heavy atom. The molecule has 0 aromatic carbocycles. The van der Waals surface area contributed by atoms with E-state index >= 15 is 0 Å². The van der Waals surface area contributed by atoms with E-state index in [0.29, 0.717) is 19.3 Å². The monoisotopic (exact) mass is 298 g/mol. The molecule has 21 heavy (non-hydrogen) atoms. The lowest BCUT2D eigenvalue weighted by atomic mass is 9.77. The van der Waals surface area contributed by atoms with Crippen molar-refractivity contribution in [2.45, 2.75) is 84.0 Å². The van der Waals surface area contributed by atoms with E-state index in [0.717, 1.165) is 25.7 Å². The topological polar surface area (TPSA) is 66.8 Å². The van der Waals surface area contributed by atoms with Crippen molar-refractivity contribution in [3.05, 3.63) is 0 Å². The van der Waals surface area contributed by atoms with Crippen LogP contribution >= 0.6 is 0 Å². The summed E-state index contributed by atoms with van der Waals surface area (Å²) in [6, 6.07) is 0. The first-order valence-electron chi connectivity index (χ1n) is 8.40. The molecule has 0 bridgehead atoms. The summed E-state index contributed by atoms with van der Waals surface area (Å²) in [4.78, 5) is 11.4. The van der Waals surface area contributed by atoms with Gasteiger partial charge in [-0.05, 0) is 30.6 Å². The molecule has 4 nitrogen and oxygen atoms in total. The van der Waals surface area contributed by atoms with Gasteiger partial charge in [0.2, 0.25) is 0 Å². The number of hydrogen-bond donors (Lipinski definition) is 2. The standard InChI is InChI=1S/C17H30O4/c1-4-5-8-17(2,3)15(19)7-6-11-12-9-16(20)21-14(12)10-13(11)18/h11-15,18-19H,4-10H2,1-3H3. The smallest absolute Gasteiger partial charge is 0.306 e. The number of fused-ring (bicyclic) bond motifs is 1. The number of ether oxygens (including phenoxy) is 1. The number of carbonyl (C=O) groups excluding carboxylic acids is 1. The summed E-state index contributed by atoms with van der Waals surface area (Å²) in [6.07, 6.45) is 4.91. The molecule has 4 heteroatoms. The van der Waals surface area contributed by atoms with Gasteiger partial charge in [-0.3, -0.25) is 4.79 Å². The minimum Gasteiger partial charge on any atom is -0.462 e. The van der Waals surface area contributed by atoms with Crippen molar-refractivity contribution in [1.82, 2.24) is 0 Å². The molecular formula is C17H30O4. The van der Waals surface area contributed by atoms with Crippen molar-refractivity contribution < 1.29 is 19.7 Å². The summed E-state index contributed by atoms with van der Waals surface area (Å²) in [5.74, 6) is 0.113. The van der Waals surface area contributed by atoms with Crippen molar-refractivity contribution in [3.8, 4) is 0 Å². The Morgan fingerprint density at radius 2 is 2.14 bits per heavy atom. The van der Waals surface area contributed by atoms with Gasteiger partial charge < -0.3 is 14.9 Å². The molecule has 2 N–H and O–H groups in total. The molecule has 2 fully saturated rings. The second kappa shape index (κ2) is 6.66. The van der Waals surface area contributed by atoms with E-state index in [4.69, 9.17) is 4.74 Å². The summed E-state index contributed by atoms with van der Waals surface area (Å²) < 4.78 is 5.25. The predicted molar refractivity (Wildman–Crippen MR) is 80.6 cm³/mol. The summed E-state index contributed by atoms with van der Waals surface area (Å²) >= 11 is 0. The van der Waals surface area contributed by atoms with Gasteiger partial charge in [-0.15, -0.1) is 0 Å². The van der Waals surface area contributed by atoms with E-state index < -0.39 is 0 Å². The maximum Gasteiger partial charge on any atom is 0.306 e. The maximum atomic E-state index is 11.4. The van der Waals surface area contributed by atoms with E-state index in [1.165, 1.54) is 0 Å². The fourth-order valence-corrected chi connectivity index (χ4v) is 3.92. The van der Waals surface area contributed by atoms with Crippen molar-refractivity contribution in [3.63, 3.8) is 0 Å². The summed E-state index contributed by atoms with van der Waals surface area (Å²) in [5.41, 5.74) is -0.0824. The van der Waals surface area contributed by atoms with Gasteiger partial charge in [-0.1, -0.05) is 33.6 Å². The summed E-state index contributed by atoms with van der Waals surface area (Å²) in [6.45, 7) is 6.39. The first-order valence-corrected chi connectivity index (χ1v) is 8.40. The third-order valence-electron chi connectivity index (χ3n) is 5.53.